The fourth-order valence-corrected chi connectivity index (χ4v) is 5.94. The van der Waals surface area contributed by atoms with Gasteiger partial charge in [-0.3, -0.25) is 14.5 Å². The zero-order valence-corrected chi connectivity index (χ0v) is 33.4. The van der Waals surface area contributed by atoms with Gasteiger partial charge in [0.25, 0.3) is 0 Å². The summed E-state index contributed by atoms with van der Waals surface area (Å²) in [4.78, 5) is 40.3. The molecule has 9 nitrogen and oxygen atoms in total. The molecule has 0 aromatic carbocycles. The van der Waals surface area contributed by atoms with Crippen molar-refractivity contribution in [2.24, 2.45) is 0 Å². The number of likely N-dealkylation sites (N-methyl/N-ethyl adjacent to an activating group) is 1. The van der Waals surface area contributed by atoms with E-state index in [1.54, 1.807) is 0 Å². The highest BCUT2D eigenvalue weighted by Gasteiger charge is 2.08. The van der Waals surface area contributed by atoms with Crippen LogP contribution in [0.15, 0.2) is 0 Å². The van der Waals surface area contributed by atoms with Crippen LogP contribution in [0.4, 0.5) is 4.79 Å². The predicted octanol–water partition coefficient (Wildman–Crippen LogP) is 9.85. The van der Waals surface area contributed by atoms with Crippen LogP contribution in [0.1, 0.15) is 181 Å². The number of esters is 2. The minimum absolute atomic E-state index is 0.0306. The number of rotatable bonds is 38. The van der Waals surface area contributed by atoms with E-state index in [0.717, 1.165) is 77.5 Å². The molecule has 9 heteroatoms. The van der Waals surface area contributed by atoms with E-state index in [1.165, 1.54) is 103 Å². The number of nitrogens with zero attached hydrogens (tertiary/aromatic N) is 2. The maximum atomic E-state index is 12.1. The Kier molecular flexibility index (Phi) is 36.9. The molecule has 0 bridgehead atoms. The van der Waals surface area contributed by atoms with Crippen LogP contribution in [-0.4, -0.2) is 94.5 Å². The lowest BCUT2D eigenvalue weighted by Crippen LogP contribution is -2.35. The maximum absolute atomic E-state index is 12.1. The molecule has 0 saturated carbocycles. The third-order valence-corrected chi connectivity index (χ3v) is 9.20. The van der Waals surface area contributed by atoms with Crippen molar-refractivity contribution in [1.82, 2.24) is 15.1 Å². The first-order valence-electron chi connectivity index (χ1n) is 21.0. The van der Waals surface area contributed by atoms with E-state index in [4.69, 9.17) is 14.2 Å². The molecule has 296 valence electrons. The van der Waals surface area contributed by atoms with E-state index in [1.807, 2.05) is 19.0 Å². The SMILES string of the molecule is CCCCCCOC(=O)CCCCCCCCCCN(CCCCCCCCCCC(=O)OCCCCCC)CCOC(=O)NCCN(C)C. The Morgan fingerprint density at radius 2 is 0.840 bits per heavy atom. The number of nitrogens with one attached hydrogen (secondary N) is 1. The van der Waals surface area contributed by atoms with Crippen molar-refractivity contribution in [3.8, 4) is 0 Å². The number of hydrogen-bond acceptors (Lipinski definition) is 8. The van der Waals surface area contributed by atoms with Gasteiger partial charge in [-0.05, 0) is 65.7 Å². The van der Waals surface area contributed by atoms with Gasteiger partial charge in [-0.2, -0.15) is 0 Å². The van der Waals surface area contributed by atoms with Gasteiger partial charge in [-0.15, -0.1) is 0 Å². The Morgan fingerprint density at radius 3 is 1.26 bits per heavy atom. The van der Waals surface area contributed by atoms with Crippen molar-refractivity contribution < 1.29 is 28.6 Å². The van der Waals surface area contributed by atoms with Crippen LogP contribution in [0, 0.1) is 0 Å². The van der Waals surface area contributed by atoms with Crippen molar-refractivity contribution in [2.45, 2.75) is 181 Å². The second-order valence-electron chi connectivity index (χ2n) is 14.4. The van der Waals surface area contributed by atoms with Crippen LogP contribution in [0.25, 0.3) is 0 Å². The summed E-state index contributed by atoms with van der Waals surface area (Å²) < 4.78 is 16.1. The largest absolute Gasteiger partial charge is 0.466 e. The number of carbonyl (C=O) groups excluding carboxylic acids is 3. The van der Waals surface area contributed by atoms with Crippen molar-refractivity contribution >= 4 is 18.0 Å². The molecule has 0 aliphatic heterocycles. The van der Waals surface area contributed by atoms with Gasteiger partial charge >= 0.3 is 18.0 Å². The molecule has 0 aromatic heterocycles. The van der Waals surface area contributed by atoms with Gasteiger partial charge < -0.3 is 24.4 Å². The fraction of sp³-hybridized carbons (Fsp3) is 0.927. The maximum Gasteiger partial charge on any atom is 0.407 e. The van der Waals surface area contributed by atoms with E-state index in [9.17, 15) is 14.4 Å². The van der Waals surface area contributed by atoms with Gasteiger partial charge in [0, 0.05) is 32.5 Å². The molecule has 1 N–H and O–H groups in total. The molecule has 0 saturated heterocycles. The first-order valence-corrected chi connectivity index (χ1v) is 21.0. The molecule has 0 radical (unpaired) electrons. The van der Waals surface area contributed by atoms with Gasteiger partial charge in [0.15, 0.2) is 0 Å². The zero-order valence-electron chi connectivity index (χ0n) is 33.4. The van der Waals surface area contributed by atoms with E-state index >= 15 is 0 Å². The number of ether oxygens (including phenoxy) is 3. The van der Waals surface area contributed by atoms with E-state index in [-0.39, 0.29) is 18.0 Å². The average Bonchev–Trinajstić information content (AvgIpc) is 3.09. The number of carbonyl (C=O) groups is 3. The second-order valence-corrected chi connectivity index (χ2v) is 14.4. The van der Waals surface area contributed by atoms with E-state index < -0.39 is 0 Å². The molecule has 1 amide bonds. The molecule has 0 atom stereocenters. The lowest BCUT2D eigenvalue weighted by Gasteiger charge is -2.22. The highest BCUT2D eigenvalue weighted by molar-refractivity contribution is 5.69. The summed E-state index contributed by atoms with van der Waals surface area (Å²) in [5.74, 6) is -0.0613. The molecule has 0 spiro atoms. The van der Waals surface area contributed by atoms with Gasteiger partial charge in [-0.25, -0.2) is 4.79 Å². The topological polar surface area (TPSA) is 97.4 Å². The van der Waals surface area contributed by atoms with Gasteiger partial charge in [-0.1, -0.05) is 129 Å². The number of alkyl carbamates (subject to hydrolysis) is 1. The van der Waals surface area contributed by atoms with Gasteiger partial charge in [0.2, 0.25) is 0 Å². The Morgan fingerprint density at radius 1 is 0.440 bits per heavy atom. The van der Waals surface area contributed by atoms with Gasteiger partial charge in [0.05, 0.1) is 13.2 Å². The molecule has 0 aliphatic rings. The van der Waals surface area contributed by atoms with Crippen LogP contribution in [0.5, 0.6) is 0 Å². The molecule has 0 aliphatic carbocycles. The number of unbranched alkanes of at least 4 members (excludes halogenated alkanes) is 20. The first-order chi connectivity index (χ1) is 24.4. The molecule has 0 heterocycles. The Hall–Kier alpha value is -1.87. The lowest BCUT2D eigenvalue weighted by atomic mass is 10.1. The van der Waals surface area contributed by atoms with Gasteiger partial charge in [0.1, 0.15) is 6.61 Å². The molecule has 0 aromatic rings. The third-order valence-electron chi connectivity index (χ3n) is 9.20. The Labute approximate surface area is 308 Å². The Balaban J connectivity index is 4.04. The minimum atomic E-state index is -0.328. The minimum Gasteiger partial charge on any atom is -0.466 e. The quantitative estimate of drug-likeness (QED) is 0.0384. The standard InChI is InChI=1S/C41H81N3O6/c1-5-7-9-27-36-48-39(45)29-23-19-15-11-13-17-21-25-32-44(35-38-50-41(47)42-31-34-43(3)4)33-26-22-18-14-12-16-20-24-30-40(46)49-37-28-10-8-6-2/h5-38H2,1-4H3,(H,42,47). The normalized spacial score (nSPS) is 11.3. The molecule has 0 fully saturated rings. The summed E-state index contributed by atoms with van der Waals surface area (Å²) in [6, 6.07) is 0. The van der Waals surface area contributed by atoms with Crippen LogP contribution in [0.3, 0.4) is 0 Å². The smallest absolute Gasteiger partial charge is 0.407 e. The molecule has 0 unspecified atom stereocenters. The summed E-state index contributed by atoms with van der Waals surface area (Å²) in [5, 5.41) is 2.83. The Bertz CT molecular complexity index is 721. The second kappa shape index (κ2) is 38.4. The zero-order chi connectivity index (χ0) is 36.8. The summed E-state index contributed by atoms with van der Waals surface area (Å²) in [6.45, 7) is 10.2. The average molecular weight is 712 g/mol. The fourth-order valence-electron chi connectivity index (χ4n) is 5.94. The molecular formula is C41H81N3O6. The van der Waals surface area contributed by atoms with Crippen LogP contribution < -0.4 is 5.32 Å². The number of hydrogen-bond donors (Lipinski definition) is 1. The van der Waals surface area contributed by atoms with Crippen LogP contribution in [0.2, 0.25) is 0 Å². The van der Waals surface area contributed by atoms with Crippen molar-refractivity contribution in [3.05, 3.63) is 0 Å². The molecule has 50 heavy (non-hydrogen) atoms. The summed E-state index contributed by atoms with van der Waals surface area (Å²) in [6.07, 6.45) is 28.6. The predicted molar refractivity (Wildman–Crippen MR) is 208 cm³/mol. The molecular weight excluding hydrogens is 630 g/mol. The monoisotopic (exact) mass is 712 g/mol. The summed E-state index contributed by atoms with van der Waals surface area (Å²) >= 11 is 0. The van der Waals surface area contributed by atoms with Crippen molar-refractivity contribution in [3.63, 3.8) is 0 Å². The summed E-state index contributed by atoms with van der Waals surface area (Å²) in [7, 11) is 3.97. The third kappa shape index (κ3) is 37.4. The summed E-state index contributed by atoms with van der Waals surface area (Å²) in [5.41, 5.74) is 0. The van der Waals surface area contributed by atoms with Crippen LogP contribution in [-0.2, 0) is 23.8 Å². The first kappa shape index (κ1) is 48.1. The lowest BCUT2D eigenvalue weighted by molar-refractivity contribution is -0.144. The van der Waals surface area contributed by atoms with E-state index in [2.05, 4.69) is 24.1 Å². The van der Waals surface area contributed by atoms with Crippen LogP contribution >= 0.6 is 0 Å². The van der Waals surface area contributed by atoms with Crippen molar-refractivity contribution in [1.29, 1.82) is 0 Å². The molecule has 0 rings (SSSR count). The van der Waals surface area contributed by atoms with Crippen molar-refractivity contribution in [2.75, 3.05) is 66.6 Å². The number of amides is 1. The highest BCUT2D eigenvalue weighted by atomic mass is 16.5. The highest BCUT2D eigenvalue weighted by Crippen LogP contribution is 2.13. The van der Waals surface area contributed by atoms with E-state index in [0.29, 0.717) is 39.2 Å².